The van der Waals surface area contributed by atoms with Crippen LogP contribution in [0.25, 0.3) is 12.2 Å². The van der Waals surface area contributed by atoms with Crippen molar-refractivity contribution in [2.24, 2.45) is 0 Å². The molecule has 0 saturated carbocycles. The number of allylic oxidation sites excluding steroid dienone is 1. The Morgan fingerprint density at radius 2 is 1.97 bits per heavy atom. The molecule has 2 aromatic rings. The predicted octanol–water partition coefficient (Wildman–Crippen LogP) is 3.06. The summed E-state index contributed by atoms with van der Waals surface area (Å²) in [7, 11) is 0. The zero-order chi connectivity index (χ0) is 21.2. The molecule has 1 saturated heterocycles. The summed E-state index contributed by atoms with van der Waals surface area (Å²) >= 11 is 0. The molecule has 1 atom stereocenters. The Balaban J connectivity index is 1.48. The van der Waals surface area contributed by atoms with Crippen LogP contribution in [-0.2, 0) is 21.0 Å². The minimum Gasteiger partial charge on any atom is -0.392 e. The highest BCUT2D eigenvalue weighted by molar-refractivity contribution is 6.06. The number of rotatable bonds is 8. The number of aliphatic hydroxyl groups is 1. The number of carbonyl (C=O) groups is 2. The first-order valence-electron chi connectivity index (χ1n) is 9.77. The van der Waals surface area contributed by atoms with Gasteiger partial charge in [-0.05, 0) is 48.3 Å². The van der Waals surface area contributed by atoms with Crippen LogP contribution in [0.5, 0.6) is 0 Å². The summed E-state index contributed by atoms with van der Waals surface area (Å²) in [6, 6.07) is 10.3. The molecular weight excluding hydrogens is 384 g/mol. The van der Waals surface area contributed by atoms with Crippen molar-refractivity contribution in [2.75, 3.05) is 6.61 Å². The summed E-state index contributed by atoms with van der Waals surface area (Å²) in [4.78, 5) is 33.5. The second-order valence-corrected chi connectivity index (χ2v) is 6.78. The largest absolute Gasteiger partial charge is 0.392 e. The molecule has 1 aromatic heterocycles. The van der Waals surface area contributed by atoms with Crippen molar-refractivity contribution in [2.45, 2.75) is 32.2 Å². The standard InChI is InChI=1S/C23H24N2O5/c26-16-18-4-8-19(9-5-18)21(27)12-7-17-6-10-20(24-15-17)11-13-22(28)25-30-23-3-1-2-14-29-23/h4-13,15,23,26H,1-3,14,16H2,(H,25,28)/b12-7+,13-11+. The lowest BCUT2D eigenvalue weighted by molar-refractivity contribution is -0.198. The number of hydrogen-bond acceptors (Lipinski definition) is 6. The third-order valence-corrected chi connectivity index (χ3v) is 4.49. The Morgan fingerprint density at radius 1 is 1.13 bits per heavy atom. The molecule has 1 aliphatic heterocycles. The van der Waals surface area contributed by atoms with E-state index in [9.17, 15) is 9.59 Å². The van der Waals surface area contributed by atoms with Crippen molar-refractivity contribution in [1.29, 1.82) is 0 Å². The van der Waals surface area contributed by atoms with Gasteiger partial charge in [0, 0.05) is 30.9 Å². The Bertz CT molecular complexity index is 898. The molecule has 3 rings (SSSR count). The molecule has 30 heavy (non-hydrogen) atoms. The van der Waals surface area contributed by atoms with E-state index in [1.807, 2.05) is 0 Å². The van der Waals surface area contributed by atoms with Crippen LogP contribution in [0.4, 0.5) is 0 Å². The number of pyridine rings is 1. The maximum absolute atomic E-state index is 12.2. The lowest BCUT2D eigenvalue weighted by Gasteiger charge is -2.21. The van der Waals surface area contributed by atoms with Crippen LogP contribution in [0.3, 0.4) is 0 Å². The van der Waals surface area contributed by atoms with Crippen LogP contribution in [0.15, 0.2) is 54.7 Å². The van der Waals surface area contributed by atoms with Crippen molar-refractivity contribution in [3.8, 4) is 0 Å². The number of carbonyl (C=O) groups excluding carboxylic acids is 2. The Labute approximate surface area is 175 Å². The number of ether oxygens (including phenoxy) is 1. The molecule has 7 heteroatoms. The summed E-state index contributed by atoms with van der Waals surface area (Å²) in [5.74, 6) is -0.533. The monoisotopic (exact) mass is 408 g/mol. The minimum absolute atomic E-state index is 0.0552. The fraction of sp³-hybridized carbons (Fsp3) is 0.261. The second kappa shape index (κ2) is 11.2. The van der Waals surface area contributed by atoms with Gasteiger partial charge in [0.2, 0.25) is 0 Å². The van der Waals surface area contributed by atoms with E-state index < -0.39 is 12.2 Å². The lowest BCUT2D eigenvalue weighted by atomic mass is 10.1. The maximum atomic E-state index is 12.2. The van der Waals surface area contributed by atoms with Gasteiger partial charge in [-0.3, -0.25) is 14.6 Å². The normalized spacial score (nSPS) is 16.8. The van der Waals surface area contributed by atoms with Gasteiger partial charge in [-0.15, -0.1) is 0 Å². The number of aliphatic hydroxyl groups excluding tert-OH is 1. The van der Waals surface area contributed by atoms with Gasteiger partial charge < -0.3 is 9.84 Å². The SMILES string of the molecule is O=C(/C=C/c1ccc(/C=C/C(=O)c2ccc(CO)cc2)cn1)NOC1CCCCO1. The zero-order valence-corrected chi connectivity index (χ0v) is 16.5. The molecule has 1 amide bonds. The number of ketones is 1. The van der Waals surface area contributed by atoms with Crippen LogP contribution >= 0.6 is 0 Å². The average molecular weight is 408 g/mol. The van der Waals surface area contributed by atoms with Gasteiger partial charge in [0.1, 0.15) is 0 Å². The Morgan fingerprint density at radius 3 is 2.63 bits per heavy atom. The van der Waals surface area contributed by atoms with Gasteiger partial charge in [0.25, 0.3) is 5.91 Å². The first kappa shape index (κ1) is 21.6. The third-order valence-electron chi connectivity index (χ3n) is 4.49. The fourth-order valence-corrected chi connectivity index (χ4v) is 2.78. The van der Waals surface area contributed by atoms with Gasteiger partial charge in [0.15, 0.2) is 12.1 Å². The summed E-state index contributed by atoms with van der Waals surface area (Å²) < 4.78 is 5.37. The molecule has 2 N–H and O–H groups in total. The van der Waals surface area contributed by atoms with Crippen molar-refractivity contribution < 1.29 is 24.3 Å². The molecule has 0 radical (unpaired) electrons. The van der Waals surface area contributed by atoms with Gasteiger partial charge in [-0.25, -0.2) is 10.3 Å². The molecule has 1 aromatic carbocycles. The molecule has 2 heterocycles. The first-order chi connectivity index (χ1) is 14.6. The van der Waals surface area contributed by atoms with E-state index in [1.54, 1.807) is 54.7 Å². The van der Waals surface area contributed by atoms with Crippen LogP contribution < -0.4 is 5.48 Å². The van der Waals surface area contributed by atoms with Crippen molar-refractivity contribution in [1.82, 2.24) is 10.5 Å². The van der Waals surface area contributed by atoms with E-state index in [1.165, 1.54) is 12.2 Å². The van der Waals surface area contributed by atoms with Gasteiger partial charge >= 0.3 is 0 Å². The van der Waals surface area contributed by atoms with Crippen LogP contribution in [0, 0.1) is 0 Å². The topological polar surface area (TPSA) is 97.8 Å². The van der Waals surface area contributed by atoms with Crippen molar-refractivity contribution in [3.63, 3.8) is 0 Å². The van der Waals surface area contributed by atoms with Gasteiger partial charge in [-0.2, -0.15) is 0 Å². The summed E-state index contributed by atoms with van der Waals surface area (Å²) in [6.45, 7) is 0.586. The van der Waals surface area contributed by atoms with Crippen LogP contribution in [0.2, 0.25) is 0 Å². The van der Waals surface area contributed by atoms with Crippen molar-refractivity contribution in [3.05, 3.63) is 77.1 Å². The highest BCUT2D eigenvalue weighted by Crippen LogP contribution is 2.12. The molecule has 0 aliphatic carbocycles. The van der Waals surface area contributed by atoms with Crippen molar-refractivity contribution >= 4 is 23.8 Å². The van der Waals surface area contributed by atoms with E-state index in [0.29, 0.717) is 17.9 Å². The van der Waals surface area contributed by atoms with E-state index in [-0.39, 0.29) is 12.4 Å². The first-order valence-corrected chi connectivity index (χ1v) is 9.77. The zero-order valence-electron chi connectivity index (χ0n) is 16.5. The summed E-state index contributed by atoms with van der Waals surface area (Å²) in [6.07, 6.45) is 10.1. The predicted molar refractivity (Wildman–Crippen MR) is 112 cm³/mol. The Hall–Kier alpha value is -3.13. The van der Waals surface area contributed by atoms with E-state index in [0.717, 1.165) is 30.4 Å². The van der Waals surface area contributed by atoms with Crippen LogP contribution in [-0.4, -0.2) is 34.7 Å². The molecule has 7 nitrogen and oxygen atoms in total. The quantitative estimate of drug-likeness (QED) is 0.396. The van der Waals surface area contributed by atoms with E-state index >= 15 is 0 Å². The molecule has 156 valence electrons. The second-order valence-electron chi connectivity index (χ2n) is 6.78. The van der Waals surface area contributed by atoms with Crippen LogP contribution in [0.1, 0.15) is 46.4 Å². The molecule has 0 bridgehead atoms. The summed E-state index contributed by atoms with van der Waals surface area (Å²) in [5, 5.41) is 9.05. The molecular formula is C23H24N2O5. The number of nitrogens with zero attached hydrogens (tertiary/aromatic N) is 1. The third kappa shape index (κ3) is 6.73. The van der Waals surface area contributed by atoms with E-state index in [2.05, 4.69) is 10.5 Å². The highest BCUT2D eigenvalue weighted by atomic mass is 16.8. The van der Waals surface area contributed by atoms with Gasteiger partial charge in [-0.1, -0.05) is 30.3 Å². The highest BCUT2D eigenvalue weighted by Gasteiger charge is 2.14. The number of hydroxylamine groups is 1. The smallest absolute Gasteiger partial charge is 0.267 e. The van der Waals surface area contributed by atoms with E-state index in [4.69, 9.17) is 14.7 Å². The minimum atomic E-state index is -0.396. The Kier molecular flexibility index (Phi) is 8.02. The molecule has 1 fully saturated rings. The number of benzene rings is 1. The maximum Gasteiger partial charge on any atom is 0.267 e. The van der Waals surface area contributed by atoms with Gasteiger partial charge in [0.05, 0.1) is 12.3 Å². The molecule has 0 spiro atoms. The number of aromatic nitrogens is 1. The molecule has 1 aliphatic rings. The lowest BCUT2D eigenvalue weighted by Crippen LogP contribution is -2.32. The summed E-state index contributed by atoms with van der Waals surface area (Å²) in [5.41, 5.74) is 5.01. The number of nitrogens with one attached hydrogen (secondary N) is 1. The molecule has 1 unspecified atom stereocenters. The fourth-order valence-electron chi connectivity index (χ4n) is 2.78. The average Bonchev–Trinajstić information content (AvgIpc) is 2.81. The number of amides is 1. The number of hydrogen-bond donors (Lipinski definition) is 2.